The van der Waals surface area contributed by atoms with E-state index in [-0.39, 0.29) is 12.2 Å². The molecule has 3 nitrogen and oxygen atoms in total. The average Bonchev–Trinajstić information content (AvgIpc) is 2.31. The third kappa shape index (κ3) is 4.20. The third-order valence-electron chi connectivity index (χ3n) is 2.11. The summed E-state index contributed by atoms with van der Waals surface area (Å²) in [6, 6.07) is 3.18. The van der Waals surface area contributed by atoms with Crippen molar-refractivity contribution in [1.82, 2.24) is 0 Å². The second kappa shape index (κ2) is 7.04. The Morgan fingerprint density at radius 3 is 2.61 bits per heavy atom. The second-order valence-electron chi connectivity index (χ2n) is 3.33. The fourth-order valence-corrected chi connectivity index (χ4v) is 2.43. The van der Waals surface area contributed by atoms with Crippen LogP contribution in [-0.2, 0) is 21.3 Å². The van der Waals surface area contributed by atoms with E-state index in [4.69, 9.17) is 0 Å². The predicted molar refractivity (Wildman–Crippen MR) is 69.1 cm³/mol. The molecule has 7 heteroatoms. The van der Waals surface area contributed by atoms with Crippen LogP contribution in [0.1, 0.15) is 11.1 Å². The first-order valence-corrected chi connectivity index (χ1v) is 6.78. The van der Waals surface area contributed by atoms with Crippen molar-refractivity contribution in [1.29, 1.82) is 0 Å². The number of carbonyl (C=O) groups is 1. The maximum atomic E-state index is 12.2. The molecule has 0 aromatic heterocycles. The molecule has 18 heavy (non-hydrogen) atoms. The van der Waals surface area contributed by atoms with Crippen LogP contribution >= 0.6 is 31.9 Å². The number of carbonyl (C=O) groups excluding carboxylic acids is 1. The molecule has 0 aliphatic rings. The van der Waals surface area contributed by atoms with E-state index >= 15 is 0 Å². The molecule has 1 aromatic carbocycles. The summed E-state index contributed by atoms with van der Waals surface area (Å²) in [5, 5.41) is 0.336. The normalized spacial score (nSPS) is 10.6. The minimum Gasteiger partial charge on any atom is -0.469 e. The fourth-order valence-electron chi connectivity index (χ4n) is 1.37. The highest BCUT2D eigenvalue weighted by Crippen LogP contribution is 2.33. The SMILES string of the molecule is COC(=O)Cc1cc(Br)c(OC(F)F)c(CBr)c1. The van der Waals surface area contributed by atoms with Crippen molar-refractivity contribution in [3.8, 4) is 5.75 Å². The molecular formula is C11H10Br2F2O3. The Morgan fingerprint density at radius 2 is 2.11 bits per heavy atom. The van der Waals surface area contributed by atoms with Crippen LogP contribution in [0.4, 0.5) is 8.78 Å². The van der Waals surface area contributed by atoms with Crippen LogP contribution in [0.25, 0.3) is 0 Å². The van der Waals surface area contributed by atoms with Crippen LogP contribution in [0.2, 0.25) is 0 Å². The van der Waals surface area contributed by atoms with Gasteiger partial charge in [-0.2, -0.15) is 8.78 Å². The number of hydrogen-bond acceptors (Lipinski definition) is 3. The van der Waals surface area contributed by atoms with Crippen molar-refractivity contribution >= 4 is 37.8 Å². The highest BCUT2D eigenvalue weighted by atomic mass is 79.9. The van der Waals surface area contributed by atoms with E-state index in [1.807, 2.05) is 0 Å². The zero-order valence-corrected chi connectivity index (χ0v) is 12.6. The van der Waals surface area contributed by atoms with Gasteiger partial charge in [0.15, 0.2) is 0 Å². The van der Waals surface area contributed by atoms with Crippen LogP contribution in [0.5, 0.6) is 5.75 Å². The van der Waals surface area contributed by atoms with E-state index < -0.39 is 12.6 Å². The molecule has 0 radical (unpaired) electrons. The summed E-state index contributed by atoms with van der Waals surface area (Å²) in [6.07, 6.45) is 0.0735. The molecule has 0 aliphatic heterocycles. The van der Waals surface area contributed by atoms with Gasteiger partial charge in [-0.25, -0.2) is 0 Å². The maximum Gasteiger partial charge on any atom is 0.387 e. The Morgan fingerprint density at radius 1 is 1.44 bits per heavy atom. The van der Waals surface area contributed by atoms with Gasteiger partial charge in [0.25, 0.3) is 0 Å². The lowest BCUT2D eigenvalue weighted by Gasteiger charge is -2.13. The van der Waals surface area contributed by atoms with Crippen molar-refractivity contribution in [2.45, 2.75) is 18.4 Å². The molecule has 0 heterocycles. The van der Waals surface area contributed by atoms with E-state index in [0.29, 0.717) is 20.9 Å². The number of halogens is 4. The summed E-state index contributed by atoms with van der Waals surface area (Å²) >= 11 is 6.34. The van der Waals surface area contributed by atoms with E-state index in [0.717, 1.165) is 0 Å². The molecule has 0 aliphatic carbocycles. The van der Waals surface area contributed by atoms with E-state index in [2.05, 4.69) is 41.3 Å². The average molecular weight is 388 g/mol. The Bertz CT molecular complexity index is 439. The molecule has 0 saturated heterocycles. The first kappa shape index (κ1) is 15.4. The third-order valence-corrected chi connectivity index (χ3v) is 3.30. The van der Waals surface area contributed by atoms with Gasteiger partial charge in [-0.3, -0.25) is 4.79 Å². The zero-order chi connectivity index (χ0) is 13.7. The molecule has 0 atom stereocenters. The summed E-state index contributed by atoms with van der Waals surface area (Å²) < 4.78 is 33.8. The molecule has 0 saturated carbocycles. The van der Waals surface area contributed by atoms with Crippen LogP contribution in [-0.4, -0.2) is 19.7 Å². The van der Waals surface area contributed by atoms with Crippen molar-refractivity contribution in [2.75, 3.05) is 7.11 Å². The smallest absolute Gasteiger partial charge is 0.387 e. The van der Waals surface area contributed by atoms with Gasteiger partial charge in [-0.05, 0) is 27.6 Å². The van der Waals surface area contributed by atoms with Crippen molar-refractivity contribution in [3.05, 3.63) is 27.7 Å². The molecule has 0 N–H and O–H groups in total. The minimum atomic E-state index is -2.90. The Balaban J connectivity index is 3.06. The summed E-state index contributed by atoms with van der Waals surface area (Å²) in [4.78, 5) is 11.2. The van der Waals surface area contributed by atoms with Crippen LogP contribution in [0.15, 0.2) is 16.6 Å². The number of benzene rings is 1. The van der Waals surface area contributed by atoms with Gasteiger partial charge in [-0.1, -0.05) is 22.0 Å². The van der Waals surface area contributed by atoms with Crippen LogP contribution < -0.4 is 4.74 Å². The monoisotopic (exact) mass is 386 g/mol. The number of hydrogen-bond donors (Lipinski definition) is 0. The van der Waals surface area contributed by atoms with Gasteiger partial charge in [0.2, 0.25) is 0 Å². The first-order valence-electron chi connectivity index (χ1n) is 4.86. The van der Waals surface area contributed by atoms with Crippen LogP contribution in [0, 0.1) is 0 Å². The zero-order valence-electron chi connectivity index (χ0n) is 9.38. The summed E-state index contributed by atoms with van der Waals surface area (Å²) in [5.41, 5.74) is 1.19. The lowest BCUT2D eigenvalue weighted by atomic mass is 10.1. The maximum absolute atomic E-state index is 12.2. The van der Waals surface area contributed by atoms with Crippen molar-refractivity contribution < 1.29 is 23.0 Å². The number of alkyl halides is 3. The number of rotatable bonds is 5. The van der Waals surface area contributed by atoms with Crippen molar-refractivity contribution in [2.24, 2.45) is 0 Å². The Hall–Kier alpha value is -0.690. The van der Waals surface area contributed by atoms with Gasteiger partial charge in [0.05, 0.1) is 18.0 Å². The summed E-state index contributed by atoms with van der Waals surface area (Å²) in [6.45, 7) is -2.90. The topological polar surface area (TPSA) is 35.5 Å². The van der Waals surface area contributed by atoms with Gasteiger partial charge < -0.3 is 9.47 Å². The molecule has 0 fully saturated rings. The number of esters is 1. The number of methoxy groups -OCH3 is 1. The number of ether oxygens (including phenoxy) is 2. The van der Waals surface area contributed by atoms with Gasteiger partial charge >= 0.3 is 12.6 Å². The standard InChI is InChI=1S/C11H10Br2F2O3/c1-17-9(16)4-6-2-7(5-12)10(8(13)3-6)18-11(14)15/h2-3,11H,4-5H2,1H3. The minimum absolute atomic E-state index is 0.0653. The highest BCUT2D eigenvalue weighted by molar-refractivity contribution is 9.10. The van der Waals surface area contributed by atoms with Crippen molar-refractivity contribution in [3.63, 3.8) is 0 Å². The molecule has 1 aromatic rings. The van der Waals surface area contributed by atoms with Gasteiger partial charge in [0, 0.05) is 10.9 Å². The fraction of sp³-hybridized carbons (Fsp3) is 0.364. The molecule has 100 valence electrons. The van der Waals surface area contributed by atoms with Crippen LogP contribution in [0.3, 0.4) is 0 Å². The van der Waals surface area contributed by atoms with Gasteiger partial charge in [-0.15, -0.1) is 0 Å². The quantitative estimate of drug-likeness (QED) is 0.571. The molecule has 0 spiro atoms. The summed E-state index contributed by atoms with van der Waals surface area (Å²) in [5.74, 6) is -0.333. The first-order chi connectivity index (χ1) is 8.47. The predicted octanol–water partition coefficient (Wildman–Crippen LogP) is 3.66. The Labute approximate surface area is 120 Å². The molecule has 0 amide bonds. The lowest BCUT2D eigenvalue weighted by molar-refractivity contribution is -0.139. The van der Waals surface area contributed by atoms with Gasteiger partial charge in [0.1, 0.15) is 5.75 Å². The lowest BCUT2D eigenvalue weighted by Crippen LogP contribution is -2.08. The molecule has 1 rings (SSSR count). The Kier molecular flexibility index (Phi) is 6.01. The summed E-state index contributed by atoms with van der Waals surface area (Å²) in [7, 11) is 1.29. The van der Waals surface area contributed by atoms with E-state index in [1.54, 1.807) is 12.1 Å². The highest BCUT2D eigenvalue weighted by Gasteiger charge is 2.15. The largest absolute Gasteiger partial charge is 0.469 e. The molecule has 0 bridgehead atoms. The second-order valence-corrected chi connectivity index (χ2v) is 4.75. The van der Waals surface area contributed by atoms with E-state index in [9.17, 15) is 13.6 Å². The van der Waals surface area contributed by atoms with E-state index in [1.165, 1.54) is 7.11 Å². The molecule has 0 unspecified atom stereocenters. The molecular weight excluding hydrogens is 378 g/mol.